The molecule has 2 aromatic heterocycles. The predicted octanol–water partition coefficient (Wildman–Crippen LogP) is 5.54. The van der Waals surface area contributed by atoms with Crippen LogP contribution in [0.3, 0.4) is 0 Å². The van der Waals surface area contributed by atoms with E-state index in [-0.39, 0.29) is 17.1 Å². The highest BCUT2D eigenvalue weighted by Crippen LogP contribution is 2.27. The maximum absolute atomic E-state index is 13.5. The van der Waals surface area contributed by atoms with Gasteiger partial charge in [0.1, 0.15) is 0 Å². The SMILES string of the molecule is Cc1ccccc1-n1c(SCC(=O)c2cn(CCC#N)c3ccccc23)nc2ccccc2c1=O. The minimum atomic E-state index is -0.159. The van der Waals surface area contributed by atoms with E-state index >= 15 is 0 Å². The van der Waals surface area contributed by atoms with Crippen LogP contribution < -0.4 is 5.56 Å². The molecule has 35 heavy (non-hydrogen) atoms. The van der Waals surface area contributed by atoms with Gasteiger partial charge in [0.2, 0.25) is 0 Å². The number of hydrogen-bond acceptors (Lipinski definition) is 5. The van der Waals surface area contributed by atoms with Crippen LogP contribution in [0.25, 0.3) is 27.5 Å². The first kappa shape index (κ1) is 22.6. The van der Waals surface area contributed by atoms with Crippen LogP contribution in [0.1, 0.15) is 22.3 Å². The zero-order valence-electron chi connectivity index (χ0n) is 19.1. The van der Waals surface area contributed by atoms with E-state index in [0.717, 1.165) is 22.2 Å². The molecule has 0 spiro atoms. The molecule has 0 atom stereocenters. The Hall–Kier alpha value is -4.15. The fourth-order valence-corrected chi connectivity index (χ4v) is 5.16. The fraction of sp³-hybridized carbons (Fsp3) is 0.143. The monoisotopic (exact) mass is 478 g/mol. The molecule has 0 aliphatic rings. The first-order valence-electron chi connectivity index (χ1n) is 11.3. The van der Waals surface area contributed by atoms with Crippen molar-refractivity contribution >= 4 is 39.4 Å². The lowest BCUT2D eigenvalue weighted by molar-refractivity contribution is 0.102. The Labute approximate surface area is 206 Å². The second kappa shape index (κ2) is 9.61. The highest BCUT2D eigenvalue weighted by Gasteiger charge is 2.19. The minimum Gasteiger partial charge on any atom is -0.346 e. The number of thioether (sulfide) groups is 1. The molecule has 3 aromatic carbocycles. The molecule has 0 unspecified atom stereocenters. The van der Waals surface area contributed by atoms with Crippen LogP contribution in [0.15, 0.2) is 88.9 Å². The van der Waals surface area contributed by atoms with Gasteiger partial charge in [0.15, 0.2) is 10.9 Å². The van der Waals surface area contributed by atoms with Crippen LogP contribution in [0.4, 0.5) is 0 Å². The average molecular weight is 479 g/mol. The van der Waals surface area contributed by atoms with Gasteiger partial charge in [-0.25, -0.2) is 4.98 Å². The molecule has 5 aromatic rings. The van der Waals surface area contributed by atoms with Gasteiger partial charge in [-0.1, -0.05) is 60.3 Å². The number of aryl methyl sites for hydroxylation is 2. The van der Waals surface area contributed by atoms with E-state index in [9.17, 15) is 9.59 Å². The summed E-state index contributed by atoms with van der Waals surface area (Å²) in [6, 6.07) is 24.8. The first-order valence-corrected chi connectivity index (χ1v) is 12.3. The van der Waals surface area contributed by atoms with Crippen molar-refractivity contribution in [2.24, 2.45) is 0 Å². The number of aromatic nitrogens is 3. The van der Waals surface area contributed by atoms with Gasteiger partial charge in [-0.15, -0.1) is 0 Å². The van der Waals surface area contributed by atoms with E-state index in [1.807, 2.05) is 84.4 Å². The zero-order chi connectivity index (χ0) is 24.4. The van der Waals surface area contributed by atoms with Gasteiger partial charge in [0, 0.05) is 29.2 Å². The average Bonchev–Trinajstić information content (AvgIpc) is 3.25. The van der Waals surface area contributed by atoms with Crippen LogP contribution in [-0.2, 0) is 6.54 Å². The summed E-state index contributed by atoms with van der Waals surface area (Å²) in [7, 11) is 0. The number of hydrogen-bond donors (Lipinski definition) is 0. The van der Waals surface area contributed by atoms with Gasteiger partial charge in [-0.3, -0.25) is 14.2 Å². The van der Waals surface area contributed by atoms with Crippen molar-refractivity contribution in [2.75, 3.05) is 5.75 Å². The van der Waals surface area contributed by atoms with E-state index in [2.05, 4.69) is 6.07 Å². The normalized spacial score (nSPS) is 11.1. The number of rotatable bonds is 7. The molecular weight excluding hydrogens is 456 g/mol. The van der Waals surface area contributed by atoms with E-state index < -0.39 is 0 Å². The second-order valence-corrected chi connectivity index (χ2v) is 9.15. The summed E-state index contributed by atoms with van der Waals surface area (Å²) in [4.78, 5) is 31.6. The molecule has 0 aliphatic carbocycles. The smallest absolute Gasteiger partial charge is 0.266 e. The lowest BCUT2D eigenvalue weighted by atomic mass is 10.1. The Morgan fingerprint density at radius 2 is 1.71 bits per heavy atom. The van der Waals surface area contributed by atoms with Crippen molar-refractivity contribution in [3.05, 3.63) is 100 Å². The van der Waals surface area contributed by atoms with Crippen LogP contribution >= 0.6 is 11.8 Å². The molecule has 0 N–H and O–H groups in total. The molecule has 6 nitrogen and oxygen atoms in total. The van der Waals surface area contributed by atoms with Crippen LogP contribution in [-0.4, -0.2) is 25.7 Å². The summed E-state index contributed by atoms with van der Waals surface area (Å²) in [6.07, 6.45) is 2.19. The molecule has 7 heteroatoms. The summed E-state index contributed by atoms with van der Waals surface area (Å²) in [5.74, 6) is 0.0729. The Kier molecular flexibility index (Phi) is 6.21. The molecule has 2 heterocycles. The van der Waals surface area contributed by atoms with E-state index in [1.54, 1.807) is 10.6 Å². The lowest BCUT2D eigenvalue weighted by Gasteiger charge is -2.14. The second-order valence-electron chi connectivity index (χ2n) is 8.21. The van der Waals surface area contributed by atoms with Crippen LogP contribution in [0, 0.1) is 18.3 Å². The number of fused-ring (bicyclic) bond motifs is 2. The fourth-order valence-electron chi connectivity index (χ4n) is 4.27. The van der Waals surface area contributed by atoms with Crippen molar-refractivity contribution in [3.63, 3.8) is 0 Å². The van der Waals surface area contributed by atoms with Crippen molar-refractivity contribution in [3.8, 4) is 11.8 Å². The quantitative estimate of drug-likeness (QED) is 0.174. The summed E-state index contributed by atoms with van der Waals surface area (Å²) >= 11 is 1.26. The Morgan fingerprint density at radius 3 is 2.51 bits per heavy atom. The number of nitriles is 1. The van der Waals surface area contributed by atoms with Gasteiger partial charge in [-0.2, -0.15) is 5.26 Å². The molecule has 0 radical (unpaired) electrons. The summed E-state index contributed by atoms with van der Waals surface area (Å²) in [5, 5.41) is 10.9. The Bertz CT molecular complexity index is 1680. The van der Waals surface area contributed by atoms with Gasteiger partial charge >= 0.3 is 0 Å². The highest BCUT2D eigenvalue weighted by atomic mass is 32.2. The molecule has 172 valence electrons. The molecule has 0 amide bonds. The van der Waals surface area contributed by atoms with E-state index in [0.29, 0.717) is 34.6 Å². The predicted molar refractivity (Wildman–Crippen MR) is 139 cm³/mol. The van der Waals surface area contributed by atoms with Crippen molar-refractivity contribution in [1.82, 2.24) is 14.1 Å². The number of ketones is 1. The molecule has 0 saturated heterocycles. The summed E-state index contributed by atoms with van der Waals surface area (Å²) < 4.78 is 3.56. The number of carbonyl (C=O) groups is 1. The topological polar surface area (TPSA) is 80.7 Å². The van der Waals surface area contributed by atoms with Gasteiger partial charge in [-0.05, 0) is 36.8 Å². The van der Waals surface area contributed by atoms with Crippen molar-refractivity contribution in [1.29, 1.82) is 5.26 Å². The zero-order valence-corrected chi connectivity index (χ0v) is 20.0. The van der Waals surface area contributed by atoms with Gasteiger partial charge in [0.05, 0.1) is 34.8 Å². The number of benzene rings is 3. The highest BCUT2D eigenvalue weighted by molar-refractivity contribution is 7.99. The largest absolute Gasteiger partial charge is 0.346 e. The van der Waals surface area contributed by atoms with Crippen LogP contribution in [0.2, 0.25) is 0 Å². The minimum absolute atomic E-state index is 0.0550. The van der Waals surface area contributed by atoms with Crippen LogP contribution in [0.5, 0.6) is 0 Å². The molecule has 0 fully saturated rings. The molecular formula is C28H22N4O2S. The number of Topliss-reactive ketones (excluding diaryl/α,β-unsaturated/α-hetero) is 1. The maximum Gasteiger partial charge on any atom is 0.266 e. The Morgan fingerprint density at radius 1 is 1.00 bits per heavy atom. The van der Waals surface area contributed by atoms with Crippen molar-refractivity contribution in [2.45, 2.75) is 25.0 Å². The molecule has 0 aliphatic heterocycles. The van der Waals surface area contributed by atoms with Gasteiger partial charge in [0.25, 0.3) is 5.56 Å². The molecule has 0 saturated carbocycles. The van der Waals surface area contributed by atoms with E-state index in [1.165, 1.54) is 11.8 Å². The van der Waals surface area contributed by atoms with E-state index in [4.69, 9.17) is 10.2 Å². The summed E-state index contributed by atoms with van der Waals surface area (Å²) in [5.41, 5.74) is 3.67. The molecule has 5 rings (SSSR count). The number of para-hydroxylation sites is 3. The van der Waals surface area contributed by atoms with Crippen molar-refractivity contribution < 1.29 is 4.79 Å². The number of carbonyl (C=O) groups excluding carboxylic acids is 1. The molecule has 0 bridgehead atoms. The first-order chi connectivity index (χ1) is 17.1. The third kappa shape index (κ3) is 4.25. The van der Waals surface area contributed by atoms with Gasteiger partial charge < -0.3 is 4.57 Å². The standard InChI is InChI=1S/C28H22N4O2S/c1-19-9-2-6-13-24(19)32-27(34)21-11-3-5-12-23(21)30-28(32)35-18-26(33)22-17-31(16-8-15-29)25-14-7-4-10-20(22)25/h2-7,9-14,17H,8,16,18H2,1H3. The Balaban J connectivity index is 1.54. The third-order valence-corrected chi connectivity index (χ3v) is 6.93. The number of nitrogens with zero attached hydrogens (tertiary/aromatic N) is 4. The lowest BCUT2D eigenvalue weighted by Crippen LogP contribution is -2.23. The third-order valence-electron chi connectivity index (χ3n) is 5.99. The summed E-state index contributed by atoms with van der Waals surface area (Å²) in [6.45, 7) is 2.48. The maximum atomic E-state index is 13.5.